The van der Waals surface area contributed by atoms with E-state index in [1.807, 2.05) is 26.0 Å². The lowest BCUT2D eigenvalue weighted by molar-refractivity contribution is -0.123. The fraction of sp³-hybridized carbons (Fsp3) is 0.423. The van der Waals surface area contributed by atoms with Gasteiger partial charge in [-0.2, -0.15) is 0 Å². The first-order valence-corrected chi connectivity index (χ1v) is 11.9. The Labute approximate surface area is 198 Å². The zero-order valence-electron chi connectivity index (χ0n) is 20.1. The summed E-state index contributed by atoms with van der Waals surface area (Å²) in [5, 5.41) is 16.1. The molecule has 34 heavy (non-hydrogen) atoms. The zero-order chi connectivity index (χ0) is 23.8. The first-order valence-electron chi connectivity index (χ1n) is 11.9. The normalized spacial score (nSPS) is 17.9. The van der Waals surface area contributed by atoms with Crippen LogP contribution in [0.25, 0.3) is 10.9 Å². The SMILES string of the molecule is Cc1cc(CNC(=O)[C@@H]2Cc3cn(Cc4cc(C)on4)c4cccc(c34)[C@H](CC(C)C)N2)no1. The minimum Gasteiger partial charge on any atom is -0.361 e. The van der Waals surface area contributed by atoms with Crippen molar-refractivity contribution in [2.45, 2.75) is 65.7 Å². The van der Waals surface area contributed by atoms with Gasteiger partial charge in [0.15, 0.2) is 0 Å². The Morgan fingerprint density at radius 2 is 1.91 bits per heavy atom. The first kappa shape index (κ1) is 22.4. The van der Waals surface area contributed by atoms with Gasteiger partial charge in [-0.05, 0) is 49.8 Å². The Morgan fingerprint density at radius 3 is 2.59 bits per heavy atom. The Morgan fingerprint density at radius 1 is 1.18 bits per heavy atom. The average molecular weight is 462 g/mol. The lowest BCUT2D eigenvalue weighted by Crippen LogP contribution is -2.46. The number of carbonyl (C=O) groups is 1. The summed E-state index contributed by atoms with van der Waals surface area (Å²) >= 11 is 0. The van der Waals surface area contributed by atoms with Crippen molar-refractivity contribution in [1.29, 1.82) is 0 Å². The highest BCUT2D eigenvalue weighted by Gasteiger charge is 2.31. The third-order valence-corrected chi connectivity index (χ3v) is 6.37. The molecular weight excluding hydrogens is 430 g/mol. The topological polar surface area (TPSA) is 98.1 Å². The van der Waals surface area contributed by atoms with Gasteiger partial charge in [0, 0.05) is 35.3 Å². The molecule has 2 N–H and O–H groups in total. The van der Waals surface area contributed by atoms with Crippen LogP contribution in [-0.2, 0) is 24.3 Å². The van der Waals surface area contributed by atoms with E-state index < -0.39 is 0 Å². The van der Waals surface area contributed by atoms with E-state index in [1.54, 1.807) is 0 Å². The zero-order valence-corrected chi connectivity index (χ0v) is 20.1. The number of nitrogens with one attached hydrogen (secondary N) is 2. The second kappa shape index (κ2) is 9.10. The van der Waals surface area contributed by atoms with Crippen LogP contribution in [0.3, 0.4) is 0 Å². The molecule has 178 valence electrons. The Hall–Kier alpha value is -3.39. The number of carbonyl (C=O) groups excluding carboxylic acids is 1. The number of rotatable bonds is 7. The Bertz CT molecular complexity index is 1320. The van der Waals surface area contributed by atoms with Gasteiger partial charge in [-0.3, -0.25) is 10.1 Å². The van der Waals surface area contributed by atoms with Crippen molar-refractivity contribution in [3.05, 3.63) is 70.6 Å². The van der Waals surface area contributed by atoms with Crippen LogP contribution in [0.15, 0.2) is 45.6 Å². The summed E-state index contributed by atoms with van der Waals surface area (Å²) in [6.45, 7) is 9.15. The van der Waals surface area contributed by atoms with Gasteiger partial charge in [-0.1, -0.05) is 36.3 Å². The van der Waals surface area contributed by atoms with Crippen molar-refractivity contribution in [3.8, 4) is 0 Å². The Balaban J connectivity index is 1.47. The second-order valence-corrected chi connectivity index (χ2v) is 9.70. The molecular formula is C26H31N5O3. The highest BCUT2D eigenvalue weighted by Crippen LogP contribution is 2.36. The molecule has 8 heteroatoms. The summed E-state index contributed by atoms with van der Waals surface area (Å²) < 4.78 is 12.6. The van der Waals surface area contributed by atoms with Crippen LogP contribution in [0.4, 0.5) is 0 Å². The summed E-state index contributed by atoms with van der Waals surface area (Å²) in [7, 11) is 0. The Kier molecular flexibility index (Phi) is 6.00. The van der Waals surface area contributed by atoms with E-state index in [1.165, 1.54) is 16.5 Å². The molecule has 0 saturated heterocycles. The molecule has 0 saturated carbocycles. The van der Waals surface area contributed by atoms with Crippen molar-refractivity contribution in [2.24, 2.45) is 5.92 Å². The van der Waals surface area contributed by atoms with Crippen molar-refractivity contribution in [2.75, 3.05) is 0 Å². The van der Waals surface area contributed by atoms with E-state index in [0.717, 1.165) is 34.8 Å². The summed E-state index contributed by atoms with van der Waals surface area (Å²) in [5.74, 6) is 1.98. The largest absolute Gasteiger partial charge is 0.361 e. The van der Waals surface area contributed by atoms with E-state index in [9.17, 15) is 4.79 Å². The predicted molar refractivity (Wildman–Crippen MR) is 128 cm³/mol. The van der Waals surface area contributed by atoms with Crippen LogP contribution in [0.1, 0.15) is 60.3 Å². The van der Waals surface area contributed by atoms with Crippen molar-refractivity contribution < 1.29 is 13.8 Å². The molecule has 1 amide bonds. The minimum atomic E-state index is -0.350. The fourth-order valence-corrected chi connectivity index (χ4v) is 4.96. The molecule has 0 bridgehead atoms. The molecule has 0 radical (unpaired) electrons. The molecule has 8 nitrogen and oxygen atoms in total. The highest BCUT2D eigenvalue weighted by atomic mass is 16.5. The third kappa shape index (κ3) is 4.50. The molecule has 0 aliphatic carbocycles. The van der Waals surface area contributed by atoms with E-state index in [4.69, 9.17) is 9.05 Å². The van der Waals surface area contributed by atoms with Crippen LogP contribution in [0.2, 0.25) is 0 Å². The molecule has 3 aromatic heterocycles. The molecule has 4 heterocycles. The number of hydrogen-bond acceptors (Lipinski definition) is 6. The van der Waals surface area contributed by atoms with Crippen LogP contribution in [-0.4, -0.2) is 26.8 Å². The molecule has 1 aliphatic rings. The number of aromatic nitrogens is 3. The number of aryl methyl sites for hydroxylation is 2. The quantitative estimate of drug-likeness (QED) is 0.428. The number of hydrogen-bond donors (Lipinski definition) is 2. The molecule has 5 rings (SSSR count). The molecule has 0 fully saturated rings. The number of benzene rings is 1. The lowest BCUT2D eigenvalue weighted by Gasteiger charge is -2.25. The van der Waals surface area contributed by atoms with Crippen molar-refractivity contribution in [1.82, 2.24) is 25.5 Å². The maximum atomic E-state index is 13.3. The summed E-state index contributed by atoms with van der Waals surface area (Å²) in [4.78, 5) is 13.3. The summed E-state index contributed by atoms with van der Waals surface area (Å²) in [6.07, 6.45) is 3.72. The third-order valence-electron chi connectivity index (χ3n) is 6.37. The standard InChI is InChI=1S/C26H31N5O3/c1-15(2)8-22-21-6-5-7-24-25(21)18(13-31(24)14-20-10-17(4)34-30-20)11-23(28-22)26(32)27-12-19-9-16(3)33-29-19/h5-7,9-10,13,15,22-23,28H,8,11-12,14H2,1-4H3,(H,27,32)/t22-,23-/m0/s1. The second-order valence-electron chi connectivity index (χ2n) is 9.70. The van der Waals surface area contributed by atoms with E-state index in [-0.39, 0.29) is 18.0 Å². The van der Waals surface area contributed by atoms with E-state index >= 15 is 0 Å². The van der Waals surface area contributed by atoms with E-state index in [0.29, 0.717) is 25.4 Å². The average Bonchev–Trinajstić information content (AvgIpc) is 3.47. The maximum Gasteiger partial charge on any atom is 0.237 e. The van der Waals surface area contributed by atoms with Crippen LogP contribution >= 0.6 is 0 Å². The van der Waals surface area contributed by atoms with Crippen molar-refractivity contribution in [3.63, 3.8) is 0 Å². The van der Waals surface area contributed by atoms with Crippen LogP contribution < -0.4 is 10.6 Å². The highest BCUT2D eigenvalue weighted by molar-refractivity contribution is 5.90. The summed E-state index contributed by atoms with van der Waals surface area (Å²) in [6, 6.07) is 9.98. The molecule has 2 atom stereocenters. The maximum absolute atomic E-state index is 13.3. The van der Waals surface area contributed by atoms with Gasteiger partial charge in [-0.25, -0.2) is 0 Å². The van der Waals surface area contributed by atoms with Gasteiger partial charge in [0.25, 0.3) is 0 Å². The summed E-state index contributed by atoms with van der Waals surface area (Å²) in [5.41, 5.74) is 5.18. The molecule has 0 spiro atoms. The molecule has 1 aromatic carbocycles. The van der Waals surface area contributed by atoms with Gasteiger partial charge >= 0.3 is 0 Å². The fourth-order valence-electron chi connectivity index (χ4n) is 4.96. The van der Waals surface area contributed by atoms with Gasteiger partial charge in [0.2, 0.25) is 5.91 Å². The lowest BCUT2D eigenvalue weighted by atomic mass is 9.94. The van der Waals surface area contributed by atoms with E-state index in [2.05, 4.69) is 63.8 Å². The molecule has 0 unspecified atom stereocenters. The molecule has 4 aromatic rings. The predicted octanol–water partition coefficient (Wildman–Crippen LogP) is 4.20. The first-order chi connectivity index (χ1) is 16.4. The number of nitrogens with zero attached hydrogens (tertiary/aromatic N) is 3. The smallest absolute Gasteiger partial charge is 0.237 e. The van der Waals surface area contributed by atoms with Crippen LogP contribution in [0.5, 0.6) is 0 Å². The van der Waals surface area contributed by atoms with Gasteiger partial charge < -0.3 is 18.9 Å². The monoisotopic (exact) mass is 461 g/mol. The van der Waals surface area contributed by atoms with Gasteiger partial charge in [0.1, 0.15) is 22.9 Å². The molecule has 1 aliphatic heterocycles. The van der Waals surface area contributed by atoms with Gasteiger partial charge in [0.05, 0.1) is 19.1 Å². The van der Waals surface area contributed by atoms with Crippen molar-refractivity contribution >= 4 is 16.8 Å². The van der Waals surface area contributed by atoms with Crippen LogP contribution in [0, 0.1) is 19.8 Å². The minimum absolute atomic E-state index is 0.0322. The van der Waals surface area contributed by atoms with Gasteiger partial charge in [-0.15, -0.1) is 0 Å². The number of amides is 1.